The number of hydrogen-bond donors (Lipinski definition) is 1. The minimum Gasteiger partial charge on any atom is -0.356 e. The van der Waals surface area contributed by atoms with Crippen LogP contribution in [0.1, 0.15) is 24.2 Å². The van der Waals surface area contributed by atoms with E-state index < -0.39 is 0 Å². The van der Waals surface area contributed by atoms with E-state index in [9.17, 15) is 4.79 Å². The second-order valence-electron chi connectivity index (χ2n) is 6.35. The molecule has 0 aliphatic carbocycles. The van der Waals surface area contributed by atoms with Gasteiger partial charge in [0.15, 0.2) is 5.58 Å². The highest BCUT2D eigenvalue weighted by atomic mass is 35.5. The molecule has 0 aliphatic rings. The van der Waals surface area contributed by atoms with Gasteiger partial charge in [0.1, 0.15) is 11.5 Å². The quantitative estimate of drug-likeness (QED) is 0.491. The van der Waals surface area contributed by atoms with Gasteiger partial charge in [-0.2, -0.15) is 5.10 Å². The molecule has 1 atom stereocenters. The van der Waals surface area contributed by atoms with E-state index in [1.807, 2.05) is 31.2 Å². The maximum atomic E-state index is 12.6. The molecule has 2 heterocycles. The van der Waals surface area contributed by atoms with Gasteiger partial charge in [0.05, 0.1) is 18.7 Å². The number of amides is 1. The number of fused-ring (bicyclic) bond motifs is 1. The Bertz CT molecular complexity index is 1150. The third-order valence-electron chi connectivity index (χ3n) is 4.49. The Morgan fingerprint density at radius 3 is 2.89 bits per heavy atom. The normalized spacial score (nSPS) is 12.2. The van der Waals surface area contributed by atoms with E-state index in [4.69, 9.17) is 27.7 Å². The predicted octanol–water partition coefficient (Wildman–Crippen LogP) is 5.12. The van der Waals surface area contributed by atoms with Gasteiger partial charge in [-0.1, -0.05) is 40.5 Å². The Labute approximate surface area is 171 Å². The smallest absolute Gasteiger partial charge is 0.231 e. The van der Waals surface area contributed by atoms with Gasteiger partial charge in [-0.05, 0) is 42.8 Å². The van der Waals surface area contributed by atoms with Gasteiger partial charge in [-0.15, -0.1) is 0 Å². The fourth-order valence-electron chi connectivity index (χ4n) is 3.09. The second kappa shape index (κ2) is 7.66. The number of halogens is 2. The minimum atomic E-state index is -0.218. The molecule has 142 valence electrons. The SMILES string of the molecule is C[C@H](c1cc(Cl)ccc1Cl)n1nccc1NC(=O)Cc1noc2ccccc12. The summed E-state index contributed by atoms with van der Waals surface area (Å²) in [4.78, 5) is 12.6. The van der Waals surface area contributed by atoms with Crippen LogP contribution in [0, 0.1) is 0 Å². The zero-order valence-corrected chi connectivity index (χ0v) is 16.4. The third kappa shape index (κ3) is 3.61. The van der Waals surface area contributed by atoms with Gasteiger partial charge in [-0.25, -0.2) is 4.68 Å². The van der Waals surface area contributed by atoms with Crippen LogP contribution in [0.3, 0.4) is 0 Å². The van der Waals surface area contributed by atoms with E-state index in [0.29, 0.717) is 27.1 Å². The van der Waals surface area contributed by atoms with Gasteiger partial charge >= 0.3 is 0 Å². The van der Waals surface area contributed by atoms with Gasteiger partial charge in [-0.3, -0.25) is 4.79 Å². The molecule has 0 aliphatic heterocycles. The van der Waals surface area contributed by atoms with E-state index in [-0.39, 0.29) is 18.4 Å². The maximum absolute atomic E-state index is 12.6. The van der Waals surface area contributed by atoms with E-state index in [1.54, 1.807) is 35.1 Å². The molecule has 0 unspecified atom stereocenters. The lowest BCUT2D eigenvalue weighted by Gasteiger charge is -2.18. The van der Waals surface area contributed by atoms with Crippen LogP contribution in [0.4, 0.5) is 5.82 Å². The molecule has 0 bridgehead atoms. The molecule has 4 aromatic rings. The predicted molar refractivity (Wildman–Crippen MR) is 109 cm³/mol. The number of benzene rings is 2. The summed E-state index contributed by atoms with van der Waals surface area (Å²) in [5.74, 6) is 0.339. The highest BCUT2D eigenvalue weighted by Gasteiger charge is 2.18. The van der Waals surface area contributed by atoms with Gasteiger partial charge in [0.2, 0.25) is 5.91 Å². The van der Waals surface area contributed by atoms with Gasteiger partial charge < -0.3 is 9.84 Å². The molecule has 28 heavy (non-hydrogen) atoms. The van der Waals surface area contributed by atoms with Gasteiger partial charge in [0, 0.05) is 21.5 Å². The number of nitrogens with zero attached hydrogens (tertiary/aromatic N) is 3. The summed E-state index contributed by atoms with van der Waals surface area (Å²) in [6.45, 7) is 1.94. The average molecular weight is 415 g/mol. The number of aromatic nitrogens is 3. The molecule has 2 aromatic heterocycles. The van der Waals surface area contributed by atoms with Crippen molar-refractivity contribution in [3.05, 3.63) is 76.0 Å². The van der Waals surface area contributed by atoms with Crippen molar-refractivity contribution >= 4 is 45.9 Å². The van der Waals surface area contributed by atoms with Crippen LogP contribution in [0.5, 0.6) is 0 Å². The molecule has 0 spiro atoms. The molecule has 6 nitrogen and oxygen atoms in total. The molecule has 1 amide bonds. The first kappa shape index (κ1) is 18.5. The summed E-state index contributed by atoms with van der Waals surface area (Å²) >= 11 is 12.4. The molecule has 0 radical (unpaired) electrons. The summed E-state index contributed by atoms with van der Waals surface area (Å²) in [6, 6.07) is 14.2. The van der Waals surface area contributed by atoms with E-state index in [2.05, 4.69) is 15.6 Å². The molecule has 1 N–H and O–H groups in total. The number of hydrogen-bond acceptors (Lipinski definition) is 4. The molecule has 0 fully saturated rings. The van der Waals surface area contributed by atoms with E-state index >= 15 is 0 Å². The first-order chi connectivity index (χ1) is 13.5. The summed E-state index contributed by atoms with van der Waals surface area (Å²) in [6.07, 6.45) is 1.71. The van der Waals surface area contributed by atoms with Crippen LogP contribution in [0.25, 0.3) is 11.0 Å². The van der Waals surface area contributed by atoms with Gasteiger partial charge in [0.25, 0.3) is 0 Å². The summed E-state index contributed by atoms with van der Waals surface area (Å²) in [7, 11) is 0. The topological polar surface area (TPSA) is 73.0 Å². The zero-order valence-electron chi connectivity index (χ0n) is 14.9. The highest BCUT2D eigenvalue weighted by molar-refractivity contribution is 6.33. The van der Waals surface area contributed by atoms with E-state index in [0.717, 1.165) is 10.9 Å². The first-order valence-corrected chi connectivity index (χ1v) is 9.40. The Kier molecular flexibility index (Phi) is 5.07. The molecular formula is C20H16Cl2N4O2. The average Bonchev–Trinajstić information content (AvgIpc) is 3.30. The third-order valence-corrected chi connectivity index (χ3v) is 5.07. The van der Waals surface area contributed by atoms with Crippen molar-refractivity contribution in [1.29, 1.82) is 0 Å². The number of nitrogens with one attached hydrogen (secondary N) is 1. The fraction of sp³-hybridized carbons (Fsp3) is 0.150. The zero-order chi connectivity index (χ0) is 19.7. The highest BCUT2D eigenvalue weighted by Crippen LogP contribution is 2.30. The Morgan fingerprint density at radius 2 is 2.04 bits per heavy atom. The van der Waals surface area contributed by atoms with Crippen LogP contribution >= 0.6 is 23.2 Å². The van der Waals surface area contributed by atoms with Crippen molar-refractivity contribution < 1.29 is 9.32 Å². The van der Waals surface area contributed by atoms with E-state index in [1.165, 1.54) is 0 Å². The van der Waals surface area contributed by atoms with Crippen molar-refractivity contribution in [2.45, 2.75) is 19.4 Å². The maximum Gasteiger partial charge on any atom is 0.231 e. The molecule has 2 aromatic carbocycles. The lowest BCUT2D eigenvalue weighted by Crippen LogP contribution is -2.20. The summed E-state index contributed by atoms with van der Waals surface area (Å²) in [5, 5.41) is 13.2. The minimum absolute atomic E-state index is 0.0918. The van der Waals surface area contributed by atoms with Crippen LogP contribution in [-0.4, -0.2) is 20.8 Å². The van der Waals surface area contributed by atoms with Crippen LogP contribution in [0.15, 0.2) is 59.3 Å². The molecule has 0 saturated heterocycles. The molecular weight excluding hydrogens is 399 g/mol. The Balaban J connectivity index is 1.54. The molecule has 4 rings (SSSR count). The second-order valence-corrected chi connectivity index (χ2v) is 7.20. The van der Waals surface area contributed by atoms with Crippen molar-refractivity contribution in [2.24, 2.45) is 0 Å². The van der Waals surface area contributed by atoms with Crippen molar-refractivity contribution in [1.82, 2.24) is 14.9 Å². The number of carbonyl (C=O) groups excluding carboxylic acids is 1. The fourth-order valence-corrected chi connectivity index (χ4v) is 3.55. The summed E-state index contributed by atoms with van der Waals surface area (Å²) < 4.78 is 6.95. The van der Waals surface area contributed by atoms with Crippen LogP contribution < -0.4 is 5.32 Å². The lowest BCUT2D eigenvalue weighted by atomic mass is 10.1. The molecule has 8 heteroatoms. The summed E-state index contributed by atoms with van der Waals surface area (Å²) in [5.41, 5.74) is 2.06. The number of anilines is 1. The van der Waals surface area contributed by atoms with Crippen molar-refractivity contribution in [3.63, 3.8) is 0 Å². The standard InChI is InChI=1S/C20H16Cl2N4O2/c1-12(15-10-13(21)6-7-16(15)22)26-19(8-9-23-26)24-20(27)11-17-14-4-2-3-5-18(14)28-25-17/h2-10,12H,11H2,1H3,(H,24,27)/t12-/m1/s1. The number of carbonyl (C=O) groups is 1. The monoisotopic (exact) mass is 414 g/mol. The Morgan fingerprint density at radius 1 is 1.21 bits per heavy atom. The van der Waals surface area contributed by atoms with Crippen LogP contribution in [-0.2, 0) is 11.2 Å². The van der Waals surface area contributed by atoms with Crippen molar-refractivity contribution in [3.8, 4) is 0 Å². The number of rotatable bonds is 5. The largest absolute Gasteiger partial charge is 0.356 e. The lowest BCUT2D eigenvalue weighted by molar-refractivity contribution is -0.115. The van der Waals surface area contributed by atoms with Crippen LogP contribution in [0.2, 0.25) is 10.0 Å². The molecule has 0 saturated carbocycles. The first-order valence-electron chi connectivity index (χ1n) is 8.64. The number of para-hydroxylation sites is 1. The van der Waals surface area contributed by atoms with Crippen molar-refractivity contribution in [2.75, 3.05) is 5.32 Å². The Hall–Kier alpha value is -2.83.